The van der Waals surface area contributed by atoms with E-state index in [4.69, 9.17) is 9.84 Å². The Bertz CT molecular complexity index is 499. The lowest BCUT2D eigenvalue weighted by atomic mass is 10.0. The van der Waals surface area contributed by atoms with Crippen LogP contribution in [0.2, 0.25) is 0 Å². The number of aliphatic carboxylic acids is 1. The fraction of sp³-hybridized carbons (Fsp3) is 0.500. The third-order valence-corrected chi connectivity index (χ3v) is 3.26. The number of ether oxygens (including phenoxy) is 1. The van der Waals surface area contributed by atoms with Crippen molar-refractivity contribution in [1.29, 1.82) is 0 Å². The van der Waals surface area contributed by atoms with Gasteiger partial charge in [-0.1, -0.05) is 39.0 Å². The van der Waals surface area contributed by atoms with Crippen LogP contribution in [-0.2, 0) is 16.0 Å². The van der Waals surface area contributed by atoms with E-state index in [2.05, 4.69) is 5.32 Å². The van der Waals surface area contributed by atoms with E-state index in [1.807, 2.05) is 25.1 Å². The molecule has 2 atom stereocenters. The predicted octanol–water partition coefficient (Wildman–Crippen LogP) is 2.24. The van der Waals surface area contributed by atoms with Crippen LogP contribution in [0.1, 0.15) is 33.3 Å². The Hall–Kier alpha value is -2.04. The topological polar surface area (TPSA) is 75.6 Å². The monoisotopic (exact) mass is 293 g/mol. The molecule has 5 heteroatoms. The van der Waals surface area contributed by atoms with Crippen LogP contribution < -0.4 is 10.1 Å². The highest BCUT2D eigenvalue weighted by Gasteiger charge is 2.26. The van der Waals surface area contributed by atoms with Gasteiger partial charge in [-0.3, -0.25) is 4.79 Å². The molecule has 116 valence electrons. The van der Waals surface area contributed by atoms with Gasteiger partial charge >= 0.3 is 5.97 Å². The number of rotatable bonds is 7. The average Bonchev–Trinajstić information content (AvgIpc) is 2.44. The van der Waals surface area contributed by atoms with E-state index >= 15 is 0 Å². The molecule has 0 radical (unpaired) electrons. The van der Waals surface area contributed by atoms with Crippen LogP contribution in [0.4, 0.5) is 0 Å². The molecular weight excluding hydrogens is 270 g/mol. The van der Waals surface area contributed by atoms with Crippen molar-refractivity contribution in [3.8, 4) is 5.75 Å². The van der Waals surface area contributed by atoms with Gasteiger partial charge in [0.25, 0.3) is 5.91 Å². The summed E-state index contributed by atoms with van der Waals surface area (Å²) >= 11 is 0. The number of carboxylic acids is 1. The number of nitrogens with one attached hydrogen (secondary N) is 1. The summed E-state index contributed by atoms with van der Waals surface area (Å²) in [6, 6.07) is 6.58. The highest BCUT2D eigenvalue weighted by Crippen LogP contribution is 2.19. The van der Waals surface area contributed by atoms with E-state index in [9.17, 15) is 9.59 Å². The zero-order valence-corrected chi connectivity index (χ0v) is 12.9. The minimum atomic E-state index is -1.04. The van der Waals surface area contributed by atoms with Crippen LogP contribution in [0.25, 0.3) is 0 Å². The number of hydrogen-bond donors (Lipinski definition) is 2. The molecule has 1 aromatic rings. The van der Waals surface area contributed by atoms with Gasteiger partial charge in [0.1, 0.15) is 11.8 Å². The van der Waals surface area contributed by atoms with Crippen molar-refractivity contribution in [2.75, 3.05) is 0 Å². The number of aryl methyl sites for hydroxylation is 1. The Kier molecular flexibility index (Phi) is 6.21. The van der Waals surface area contributed by atoms with Gasteiger partial charge in [-0.2, -0.15) is 0 Å². The Morgan fingerprint density at radius 1 is 1.24 bits per heavy atom. The molecule has 1 aromatic carbocycles. The molecule has 0 saturated heterocycles. The Morgan fingerprint density at radius 2 is 1.86 bits per heavy atom. The first-order valence-corrected chi connectivity index (χ1v) is 7.14. The quantitative estimate of drug-likeness (QED) is 0.808. The summed E-state index contributed by atoms with van der Waals surface area (Å²) in [5.74, 6) is -1.01. The molecule has 0 spiro atoms. The van der Waals surface area contributed by atoms with E-state index in [0.29, 0.717) is 5.75 Å². The van der Waals surface area contributed by atoms with Gasteiger partial charge in [0.15, 0.2) is 6.10 Å². The molecule has 0 bridgehead atoms. The summed E-state index contributed by atoms with van der Waals surface area (Å²) in [4.78, 5) is 23.2. The second kappa shape index (κ2) is 7.67. The number of benzene rings is 1. The maximum Gasteiger partial charge on any atom is 0.326 e. The van der Waals surface area contributed by atoms with E-state index < -0.39 is 24.0 Å². The highest BCUT2D eigenvalue weighted by molar-refractivity contribution is 5.86. The molecule has 0 saturated carbocycles. The van der Waals surface area contributed by atoms with Crippen LogP contribution in [0.3, 0.4) is 0 Å². The van der Waals surface area contributed by atoms with E-state index in [0.717, 1.165) is 12.0 Å². The van der Waals surface area contributed by atoms with Crippen LogP contribution >= 0.6 is 0 Å². The average molecular weight is 293 g/mol. The molecule has 0 heterocycles. The van der Waals surface area contributed by atoms with Gasteiger partial charge < -0.3 is 15.2 Å². The fourth-order valence-electron chi connectivity index (χ4n) is 1.94. The van der Waals surface area contributed by atoms with Crippen molar-refractivity contribution in [3.05, 3.63) is 29.8 Å². The van der Waals surface area contributed by atoms with Gasteiger partial charge in [0, 0.05) is 0 Å². The van der Waals surface area contributed by atoms with E-state index in [-0.39, 0.29) is 5.92 Å². The van der Waals surface area contributed by atoms with Gasteiger partial charge in [-0.25, -0.2) is 4.79 Å². The van der Waals surface area contributed by atoms with Gasteiger partial charge in [0.05, 0.1) is 0 Å². The number of carboxylic acid groups (broad SMARTS) is 1. The van der Waals surface area contributed by atoms with Crippen LogP contribution in [-0.4, -0.2) is 29.1 Å². The highest BCUT2D eigenvalue weighted by atomic mass is 16.5. The molecule has 5 nitrogen and oxygen atoms in total. The molecule has 2 N–H and O–H groups in total. The normalized spacial score (nSPS) is 13.6. The summed E-state index contributed by atoms with van der Waals surface area (Å²) in [6.07, 6.45) is 0.0483. The summed E-state index contributed by atoms with van der Waals surface area (Å²) < 4.78 is 5.65. The summed E-state index contributed by atoms with van der Waals surface area (Å²) in [6.45, 7) is 7.11. The molecule has 21 heavy (non-hydrogen) atoms. The number of carbonyl (C=O) groups excluding carboxylic acids is 1. The third-order valence-electron chi connectivity index (χ3n) is 3.26. The van der Waals surface area contributed by atoms with Gasteiger partial charge in [-0.15, -0.1) is 0 Å². The molecular formula is C16H23NO4. The van der Waals surface area contributed by atoms with Crippen molar-refractivity contribution in [3.63, 3.8) is 0 Å². The van der Waals surface area contributed by atoms with Crippen molar-refractivity contribution in [1.82, 2.24) is 5.32 Å². The van der Waals surface area contributed by atoms with E-state index in [1.54, 1.807) is 26.8 Å². The van der Waals surface area contributed by atoms with Crippen LogP contribution in [0.15, 0.2) is 24.3 Å². The first kappa shape index (κ1) is 17.0. The second-order valence-electron chi connectivity index (χ2n) is 5.29. The largest absolute Gasteiger partial charge is 0.481 e. The molecule has 0 fully saturated rings. The smallest absolute Gasteiger partial charge is 0.326 e. The molecule has 0 aliphatic carbocycles. The molecule has 0 aliphatic heterocycles. The Balaban J connectivity index is 2.72. The number of amides is 1. The zero-order chi connectivity index (χ0) is 16.0. The number of carbonyl (C=O) groups is 2. The summed E-state index contributed by atoms with van der Waals surface area (Å²) in [7, 11) is 0. The summed E-state index contributed by atoms with van der Waals surface area (Å²) in [5.41, 5.74) is 1.01. The fourth-order valence-corrected chi connectivity index (χ4v) is 1.94. The Labute approximate surface area is 125 Å². The lowest BCUT2D eigenvalue weighted by Crippen LogP contribution is -2.48. The van der Waals surface area contributed by atoms with Crippen LogP contribution in [0.5, 0.6) is 5.75 Å². The summed E-state index contributed by atoms with van der Waals surface area (Å²) in [5, 5.41) is 11.6. The van der Waals surface area contributed by atoms with Crippen molar-refractivity contribution < 1.29 is 19.4 Å². The first-order valence-electron chi connectivity index (χ1n) is 7.14. The maximum atomic E-state index is 12.1. The second-order valence-corrected chi connectivity index (χ2v) is 5.29. The third kappa shape index (κ3) is 4.77. The lowest BCUT2D eigenvalue weighted by molar-refractivity contribution is -0.144. The van der Waals surface area contributed by atoms with Crippen molar-refractivity contribution in [2.45, 2.75) is 46.3 Å². The van der Waals surface area contributed by atoms with Crippen molar-refractivity contribution in [2.24, 2.45) is 5.92 Å². The minimum absolute atomic E-state index is 0.193. The molecule has 2 unspecified atom stereocenters. The molecule has 1 amide bonds. The maximum absolute atomic E-state index is 12.1. The zero-order valence-electron chi connectivity index (χ0n) is 12.9. The number of para-hydroxylation sites is 1. The predicted molar refractivity (Wildman–Crippen MR) is 80.3 cm³/mol. The van der Waals surface area contributed by atoms with E-state index in [1.165, 1.54) is 0 Å². The van der Waals surface area contributed by atoms with Gasteiger partial charge in [-0.05, 0) is 30.9 Å². The standard InChI is InChI=1S/C16H23NO4/c1-5-12-8-6-7-9-13(12)21-11(4)15(18)17-14(10(2)3)16(19)20/h6-11,14H,5H2,1-4H3,(H,17,18)(H,19,20). The Morgan fingerprint density at radius 3 is 2.38 bits per heavy atom. The first-order chi connectivity index (χ1) is 9.86. The molecule has 0 aromatic heterocycles. The number of hydrogen-bond acceptors (Lipinski definition) is 3. The minimum Gasteiger partial charge on any atom is -0.481 e. The lowest BCUT2D eigenvalue weighted by Gasteiger charge is -2.21. The molecule has 1 rings (SSSR count). The van der Waals surface area contributed by atoms with Gasteiger partial charge in [0.2, 0.25) is 0 Å². The molecule has 0 aliphatic rings. The van der Waals surface area contributed by atoms with Crippen molar-refractivity contribution >= 4 is 11.9 Å². The van der Waals surface area contributed by atoms with Crippen LogP contribution in [0, 0.1) is 5.92 Å². The SMILES string of the molecule is CCc1ccccc1OC(C)C(=O)NC(C(=O)O)C(C)C.